The molecule has 6 heteroatoms. The molecule has 1 heterocycles. The number of halogens is 1. The first-order valence-electron chi connectivity index (χ1n) is 5.96. The van der Waals surface area contributed by atoms with Gasteiger partial charge in [-0.1, -0.05) is 19.0 Å². The smallest absolute Gasteiger partial charge is 0.260 e. The average molecular weight is 265 g/mol. The first-order valence-corrected chi connectivity index (χ1v) is 5.96. The van der Waals surface area contributed by atoms with Crippen molar-refractivity contribution in [1.29, 1.82) is 0 Å². The lowest BCUT2D eigenvalue weighted by atomic mass is 10.1. The summed E-state index contributed by atoms with van der Waals surface area (Å²) in [6.45, 7) is 3.91. The lowest BCUT2D eigenvalue weighted by Gasteiger charge is -2.09. The van der Waals surface area contributed by atoms with E-state index in [4.69, 9.17) is 15.0 Å². The zero-order valence-corrected chi connectivity index (χ0v) is 11.1. The molecule has 0 saturated carbocycles. The van der Waals surface area contributed by atoms with Gasteiger partial charge in [0.05, 0.1) is 18.7 Å². The van der Waals surface area contributed by atoms with E-state index >= 15 is 0 Å². The van der Waals surface area contributed by atoms with Gasteiger partial charge in [0.15, 0.2) is 5.82 Å². The van der Waals surface area contributed by atoms with Gasteiger partial charge in [-0.2, -0.15) is 4.98 Å². The van der Waals surface area contributed by atoms with Crippen molar-refractivity contribution in [1.82, 2.24) is 10.1 Å². The molecular weight excluding hydrogens is 249 g/mol. The van der Waals surface area contributed by atoms with E-state index in [1.165, 1.54) is 19.2 Å². The third-order valence-corrected chi connectivity index (χ3v) is 2.86. The standard InChI is InChI=1S/C13H16FN3O2/c1-7(2)11(15)12-16-13(19-17-12)9-5-4-8(18-3)6-10(9)14/h4-7,11H,15H2,1-3H3. The Morgan fingerprint density at radius 3 is 2.68 bits per heavy atom. The van der Waals surface area contributed by atoms with E-state index in [9.17, 15) is 4.39 Å². The molecule has 0 aliphatic carbocycles. The van der Waals surface area contributed by atoms with Crippen molar-refractivity contribution in [2.45, 2.75) is 19.9 Å². The van der Waals surface area contributed by atoms with E-state index in [2.05, 4.69) is 10.1 Å². The zero-order chi connectivity index (χ0) is 14.0. The Labute approximate surface area is 110 Å². The van der Waals surface area contributed by atoms with Crippen molar-refractivity contribution >= 4 is 0 Å². The molecule has 1 unspecified atom stereocenters. The fraction of sp³-hybridized carbons (Fsp3) is 0.385. The summed E-state index contributed by atoms with van der Waals surface area (Å²) >= 11 is 0. The van der Waals surface area contributed by atoms with Gasteiger partial charge in [0.2, 0.25) is 0 Å². The molecule has 0 radical (unpaired) electrons. The van der Waals surface area contributed by atoms with Crippen molar-refractivity contribution in [3.05, 3.63) is 29.8 Å². The fourth-order valence-electron chi connectivity index (χ4n) is 1.57. The maximum Gasteiger partial charge on any atom is 0.260 e. The third-order valence-electron chi connectivity index (χ3n) is 2.86. The average Bonchev–Trinajstić information content (AvgIpc) is 2.86. The van der Waals surface area contributed by atoms with Gasteiger partial charge >= 0.3 is 0 Å². The molecule has 2 rings (SSSR count). The van der Waals surface area contributed by atoms with Crippen LogP contribution in [-0.2, 0) is 0 Å². The summed E-state index contributed by atoms with van der Waals surface area (Å²) in [7, 11) is 1.47. The molecule has 102 valence electrons. The quantitative estimate of drug-likeness (QED) is 0.919. The van der Waals surface area contributed by atoms with Crippen molar-refractivity contribution in [2.75, 3.05) is 7.11 Å². The Morgan fingerprint density at radius 1 is 1.37 bits per heavy atom. The minimum atomic E-state index is -0.479. The maximum atomic E-state index is 13.9. The molecule has 1 atom stereocenters. The Hall–Kier alpha value is -1.95. The Kier molecular flexibility index (Phi) is 3.80. The van der Waals surface area contributed by atoms with E-state index in [-0.39, 0.29) is 23.4 Å². The van der Waals surface area contributed by atoms with Crippen LogP contribution in [-0.4, -0.2) is 17.3 Å². The van der Waals surface area contributed by atoms with Gasteiger partial charge in [-0.25, -0.2) is 4.39 Å². The second-order valence-electron chi connectivity index (χ2n) is 4.57. The number of methoxy groups -OCH3 is 1. The van der Waals surface area contributed by atoms with Gasteiger partial charge in [0.25, 0.3) is 5.89 Å². The summed E-state index contributed by atoms with van der Waals surface area (Å²) in [5.74, 6) is 0.616. The van der Waals surface area contributed by atoms with Crippen LogP contribution >= 0.6 is 0 Å². The molecule has 5 nitrogen and oxygen atoms in total. The molecule has 0 aliphatic rings. The number of benzene rings is 1. The van der Waals surface area contributed by atoms with E-state index in [0.29, 0.717) is 11.6 Å². The fourth-order valence-corrected chi connectivity index (χ4v) is 1.57. The molecule has 0 bridgehead atoms. The van der Waals surface area contributed by atoms with E-state index in [1.54, 1.807) is 6.07 Å². The molecule has 19 heavy (non-hydrogen) atoms. The molecule has 0 saturated heterocycles. The second-order valence-corrected chi connectivity index (χ2v) is 4.57. The Bertz CT molecular complexity index is 569. The monoisotopic (exact) mass is 265 g/mol. The van der Waals surface area contributed by atoms with Crippen LogP contribution in [0.4, 0.5) is 4.39 Å². The minimum absolute atomic E-state index is 0.117. The summed E-state index contributed by atoms with van der Waals surface area (Å²) in [6, 6.07) is 4.09. The highest BCUT2D eigenvalue weighted by Crippen LogP contribution is 2.26. The number of hydrogen-bond donors (Lipinski definition) is 1. The van der Waals surface area contributed by atoms with Crippen LogP contribution in [0.3, 0.4) is 0 Å². The lowest BCUT2D eigenvalue weighted by molar-refractivity contribution is 0.397. The summed E-state index contributed by atoms with van der Waals surface area (Å²) in [5, 5.41) is 3.79. The van der Waals surface area contributed by atoms with Gasteiger partial charge in [0.1, 0.15) is 11.6 Å². The molecule has 1 aromatic carbocycles. The number of ether oxygens (including phenoxy) is 1. The normalized spacial score (nSPS) is 12.7. The maximum absolute atomic E-state index is 13.9. The highest BCUT2D eigenvalue weighted by Gasteiger charge is 2.19. The summed E-state index contributed by atoms with van der Waals surface area (Å²) < 4.78 is 23.8. The molecule has 2 N–H and O–H groups in total. The second kappa shape index (κ2) is 5.36. The predicted octanol–water partition coefficient (Wildman–Crippen LogP) is 2.54. The minimum Gasteiger partial charge on any atom is -0.497 e. The Balaban J connectivity index is 2.33. The summed E-state index contributed by atoms with van der Waals surface area (Å²) in [5.41, 5.74) is 6.15. The Morgan fingerprint density at radius 2 is 2.11 bits per heavy atom. The van der Waals surface area contributed by atoms with Crippen LogP contribution in [0.25, 0.3) is 11.5 Å². The molecule has 2 aromatic rings. The number of nitrogens with two attached hydrogens (primary N) is 1. The number of nitrogens with zero attached hydrogens (tertiary/aromatic N) is 2. The van der Waals surface area contributed by atoms with Crippen molar-refractivity contribution in [3.63, 3.8) is 0 Å². The summed E-state index contributed by atoms with van der Waals surface area (Å²) in [4.78, 5) is 4.13. The number of aromatic nitrogens is 2. The van der Waals surface area contributed by atoms with Gasteiger partial charge in [-0.3, -0.25) is 0 Å². The first kappa shape index (κ1) is 13.5. The first-order chi connectivity index (χ1) is 9.02. The van der Waals surface area contributed by atoms with Crippen LogP contribution in [0.2, 0.25) is 0 Å². The lowest BCUT2D eigenvalue weighted by Crippen LogP contribution is -2.18. The van der Waals surface area contributed by atoms with Crippen LogP contribution in [0.5, 0.6) is 5.75 Å². The van der Waals surface area contributed by atoms with Crippen molar-refractivity contribution in [2.24, 2.45) is 11.7 Å². The van der Waals surface area contributed by atoms with E-state index in [1.807, 2.05) is 13.8 Å². The topological polar surface area (TPSA) is 74.2 Å². The molecule has 0 spiro atoms. The summed E-state index contributed by atoms with van der Waals surface area (Å²) in [6.07, 6.45) is 0. The highest BCUT2D eigenvalue weighted by molar-refractivity contribution is 5.55. The van der Waals surface area contributed by atoms with Crippen molar-refractivity contribution in [3.8, 4) is 17.2 Å². The molecular formula is C13H16FN3O2. The largest absolute Gasteiger partial charge is 0.497 e. The van der Waals surface area contributed by atoms with E-state index < -0.39 is 5.82 Å². The van der Waals surface area contributed by atoms with Crippen LogP contribution < -0.4 is 10.5 Å². The van der Waals surface area contributed by atoms with Crippen LogP contribution in [0, 0.1) is 11.7 Å². The zero-order valence-electron chi connectivity index (χ0n) is 11.1. The number of rotatable bonds is 4. The van der Waals surface area contributed by atoms with Crippen molar-refractivity contribution < 1.29 is 13.7 Å². The predicted molar refractivity (Wildman–Crippen MR) is 68.0 cm³/mol. The molecule has 0 aliphatic heterocycles. The van der Waals surface area contributed by atoms with E-state index in [0.717, 1.165) is 0 Å². The van der Waals surface area contributed by atoms with Gasteiger partial charge in [-0.15, -0.1) is 0 Å². The van der Waals surface area contributed by atoms with Gasteiger partial charge in [0, 0.05) is 6.07 Å². The van der Waals surface area contributed by atoms with Crippen LogP contribution in [0.1, 0.15) is 25.7 Å². The molecule has 0 fully saturated rings. The highest BCUT2D eigenvalue weighted by atomic mass is 19.1. The van der Waals surface area contributed by atoms with Crippen LogP contribution in [0.15, 0.2) is 22.7 Å². The number of hydrogen-bond acceptors (Lipinski definition) is 5. The third kappa shape index (κ3) is 2.73. The van der Waals surface area contributed by atoms with Gasteiger partial charge < -0.3 is 15.0 Å². The SMILES string of the molecule is COc1ccc(-c2nc(C(N)C(C)C)no2)c(F)c1. The molecule has 0 amide bonds. The van der Waals surface area contributed by atoms with Gasteiger partial charge in [-0.05, 0) is 18.1 Å². The molecule has 1 aromatic heterocycles.